The van der Waals surface area contributed by atoms with Gasteiger partial charge in [0.25, 0.3) is 0 Å². The molecule has 2 aromatic rings. The third-order valence-corrected chi connectivity index (χ3v) is 4.13. The van der Waals surface area contributed by atoms with Gasteiger partial charge in [-0.2, -0.15) is 11.8 Å². The maximum atomic E-state index is 4.74. The number of pyridine rings is 1. The van der Waals surface area contributed by atoms with Gasteiger partial charge >= 0.3 is 0 Å². The quantitative estimate of drug-likeness (QED) is 0.875. The topological polar surface area (TPSA) is 24.9 Å². The predicted molar refractivity (Wildman–Crippen MR) is 87.0 cm³/mol. The van der Waals surface area contributed by atoms with Crippen LogP contribution in [0.2, 0.25) is 0 Å². The molecule has 0 aliphatic rings. The number of rotatable bonds is 4. The van der Waals surface area contributed by atoms with E-state index in [4.69, 9.17) is 4.98 Å². The number of para-hydroxylation sites is 1. The Morgan fingerprint density at radius 3 is 2.63 bits per heavy atom. The van der Waals surface area contributed by atoms with Gasteiger partial charge in [0, 0.05) is 28.0 Å². The Labute approximate surface area is 120 Å². The maximum Gasteiger partial charge on any atom is 0.130 e. The van der Waals surface area contributed by atoms with E-state index in [0.717, 1.165) is 23.6 Å². The van der Waals surface area contributed by atoms with Gasteiger partial charge in [-0.25, -0.2) is 4.98 Å². The molecule has 0 bridgehead atoms. The highest BCUT2D eigenvalue weighted by atomic mass is 32.2. The summed E-state index contributed by atoms with van der Waals surface area (Å²) in [5.41, 5.74) is 2.35. The van der Waals surface area contributed by atoms with Crippen LogP contribution in [0.1, 0.15) is 33.3 Å². The number of nitrogens with one attached hydrogen (secondary N) is 1. The first-order chi connectivity index (χ1) is 8.99. The van der Waals surface area contributed by atoms with Crippen molar-refractivity contribution in [2.24, 2.45) is 0 Å². The van der Waals surface area contributed by atoms with Crippen molar-refractivity contribution in [2.45, 2.75) is 38.2 Å². The fraction of sp³-hybridized carbons (Fsp3) is 0.438. The Bertz CT molecular complexity index is 558. The molecule has 0 aliphatic heterocycles. The van der Waals surface area contributed by atoms with Crippen LogP contribution >= 0.6 is 11.8 Å². The number of hydrogen-bond donors (Lipinski definition) is 1. The van der Waals surface area contributed by atoms with Gasteiger partial charge in [-0.1, -0.05) is 39.0 Å². The molecular formula is C16H22N2S. The van der Waals surface area contributed by atoms with Gasteiger partial charge in [0.2, 0.25) is 0 Å². The van der Waals surface area contributed by atoms with Crippen LogP contribution in [-0.2, 0) is 5.75 Å². The van der Waals surface area contributed by atoms with Gasteiger partial charge in [-0.3, -0.25) is 0 Å². The lowest BCUT2D eigenvalue weighted by atomic mass is 10.1. The Hall–Kier alpha value is -1.22. The van der Waals surface area contributed by atoms with E-state index in [1.54, 1.807) is 0 Å². The molecule has 0 fully saturated rings. The smallest absolute Gasteiger partial charge is 0.130 e. The van der Waals surface area contributed by atoms with Crippen LogP contribution in [0.15, 0.2) is 30.3 Å². The number of aromatic nitrogens is 1. The highest BCUT2D eigenvalue weighted by Crippen LogP contribution is 2.31. The molecule has 1 aromatic heterocycles. The molecule has 2 rings (SSSR count). The number of hydrogen-bond acceptors (Lipinski definition) is 3. The van der Waals surface area contributed by atoms with Crippen LogP contribution in [-0.4, -0.2) is 16.3 Å². The lowest BCUT2D eigenvalue weighted by molar-refractivity contribution is 0.802. The average Bonchev–Trinajstić information content (AvgIpc) is 2.35. The SMILES string of the molecule is CCNc1nc2ccccc2cc1CSC(C)(C)C. The van der Waals surface area contributed by atoms with E-state index in [1.165, 1.54) is 10.9 Å². The Balaban J connectivity index is 2.36. The van der Waals surface area contributed by atoms with E-state index in [1.807, 2.05) is 17.8 Å². The van der Waals surface area contributed by atoms with Gasteiger partial charge < -0.3 is 5.32 Å². The van der Waals surface area contributed by atoms with E-state index in [2.05, 4.69) is 57.3 Å². The lowest BCUT2D eigenvalue weighted by Gasteiger charge is -2.19. The fourth-order valence-electron chi connectivity index (χ4n) is 1.88. The molecule has 2 nitrogen and oxygen atoms in total. The first kappa shape index (κ1) is 14.2. The Morgan fingerprint density at radius 2 is 1.95 bits per heavy atom. The Morgan fingerprint density at radius 1 is 1.21 bits per heavy atom. The third-order valence-electron chi connectivity index (χ3n) is 2.81. The van der Waals surface area contributed by atoms with Gasteiger partial charge in [-0.15, -0.1) is 0 Å². The number of thioether (sulfide) groups is 1. The molecule has 0 saturated carbocycles. The molecule has 102 valence electrons. The summed E-state index contributed by atoms with van der Waals surface area (Å²) in [5, 5.41) is 4.60. The first-order valence-electron chi connectivity index (χ1n) is 6.76. The second kappa shape index (κ2) is 5.83. The molecule has 19 heavy (non-hydrogen) atoms. The van der Waals surface area contributed by atoms with Gasteiger partial charge in [0.05, 0.1) is 5.52 Å². The predicted octanol–water partition coefficient (Wildman–Crippen LogP) is 4.70. The molecule has 1 heterocycles. The molecule has 0 atom stereocenters. The molecule has 0 amide bonds. The average molecular weight is 274 g/mol. The maximum absolute atomic E-state index is 4.74. The van der Waals surface area contributed by atoms with E-state index < -0.39 is 0 Å². The number of nitrogens with zero attached hydrogens (tertiary/aromatic N) is 1. The summed E-state index contributed by atoms with van der Waals surface area (Å²) in [6.45, 7) is 9.76. The van der Waals surface area contributed by atoms with E-state index >= 15 is 0 Å². The standard InChI is InChI=1S/C16H22N2S/c1-5-17-15-13(11-19-16(2,3)4)10-12-8-6-7-9-14(12)18-15/h6-10H,5,11H2,1-4H3,(H,17,18). The van der Waals surface area contributed by atoms with E-state index in [-0.39, 0.29) is 4.75 Å². The van der Waals surface area contributed by atoms with Crippen molar-refractivity contribution in [1.29, 1.82) is 0 Å². The van der Waals surface area contributed by atoms with Crippen molar-refractivity contribution in [3.63, 3.8) is 0 Å². The van der Waals surface area contributed by atoms with Crippen molar-refractivity contribution >= 4 is 28.5 Å². The van der Waals surface area contributed by atoms with Crippen LogP contribution in [0.4, 0.5) is 5.82 Å². The number of fused-ring (bicyclic) bond motifs is 1. The van der Waals surface area contributed by atoms with Crippen molar-refractivity contribution < 1.29 is 0 Å². The summed E-state index contributed by atoms with van der Waals surface area (Å²) in [6, 6.07) is 10.6. The van der Waals surface area contributed by atoms with Gasteiger partial charge in [0.15, 0.2) is 0 Å². The van der Waals surface area contributed by atoms with Crippen molar-refractivity contribution in [1.82, 2.24) is 4.98 Å². The van der Waals surface area contributed by atoms with Crippen LogP contribution in [0.3, 0.4) is 0 Å². The summed E-state index contributed by atoms with van der Waals surface area (Å²) >= 11 is 1.96. The number of anilines is 1. The highest BCUT2D eigenvalue weighted by Gasteiger charge is 2.13. The minimum atomic E-state index is 0.273. The van der Waals surface area contributed by atoms with Gasteiger partial charge in [0.1, 0.15) is 5.82 Å². The summed E-state index contributed by atoms with van der Waals surface area (Å²) in [5.74, 6) is 2.02. The van der Waals surface area contributed by atoms with Gasteiger partial charge in [-0.05, 0) is 19.1 Å². The monoisotopic (exact) mass is 274 g/mol. The summed E-state index contributed by atoms with van der Waals surface area (Å²) in [7, 11) is 0. The summed E-state index contributed by atoms with van der Waals surface area (Å²) < 4.78 is 0.273. The van der Waals surface area contributed by atoms with E-state index in [0.29, 0.717) is 0 Å². The molecule has 0 spiro atoms. The molecule has 3 heteroatoms. The molecule has 1 aromatic carbocycles. The third kappa shape index (κ3) is 3.87. The zero-order valence-electron chi connectivity index (χ0n) is 12.2. The van der Waals surface area contributed by atoms with Crippen LogP contribution < -0.4 is 5.32 Å². The van der Waals surface area contributed by atoms with Crippen molar-refractivity contribution in [2.75, 3.05) is 11.9 Å². The van der Waals surface area contributed by atoms with Crippen LogP contribution in [0.25, 0.3) is 10.9 Å². The molecule has 1 N–H and O–H groups in total. The highest BCUT2D eigenvalue weighted by molar-refractivity contribution is 7.99. The molecular weight excluding hydrogens is 252 g/mol. The minimum absolute atomic E-state index is 0.273. The zero-order chi connectivity index (χ0) is 13.9. The minimum Gasteiger partial charge on any atom is -0.370 e. The van der Waals surface area contributed by atoms with Crippen LogP contribution in [0.5, 0.6) is 0 Å². The lowest BCUT2D eigenvalue weighted by Crippen LogP contribution is -2.09. The Kier molecular flexibility index (Phi) is 4.35. The second-order valence-corrected chi connectivity index (χ2v) is 7.42. The van der Waals surface area contributed by atoms with Crippen molar-refractivity contribution in [3.05, 3.63) is 35.9 Å². The normalized spacial score (nSPS) is 11.8. The zero-order valence-corrected chi connectivity index (χ0v) is 13.0. The first-order valence-corrected chi connectivity index (χ1v) is 7.74. The molecule has 0 radical (unpaired) electrons. The van der Waals surface area contributed by atoms with Crippen LogP contribution in [0, 0.1) is 0 Å². The fourth-order valence-corrected chi connectivity index (χ4v) is 2.69. The number of benzene rings is 1. The largest absolute Gasteiger partial charge is 0.370 e. The second-order valence-electron chi connectivity index (χ2n) is 5.62. The molecule has 0 unspecified atom stereocenters. The molecule has 0 saturated heterocycles. The summed E-state index contributed by atoms with van der Waals surface area (Å²) in [6.07, 6.45) is 0. The molecule has 0 aliphatic carbocycles. The van der Waals surface area contributed by atoms with Crippen molar-refractivity contribution in [3.8, 4) is 0 Å². The summed E-state index contributed by atoms with van der Waals surface area (Å²) in [4.78, 5) is 4.74. The van der Waals surface area contributed by atoms with E-state index in [9.17, 15) is 0 Å².